The van der Waals surface area contributed by atoms with Crippen LogP contribution in [0.4, 0.5) is 4.39 Å². The molecule has 0 saturated carbocycles. The average Bonchev–Trinajstić information content (AvgIpc) is 2.93. The van der Waals surface area contributed by atoms with Gasteiger partial charge in [0.05, 0.1) is 17.7 Å². The minimum absolute atomic E-state index is 0.121. The summed E-state index contributed by atoms with van der Waals surface area (Å²) in [6, 6.07) is 10.5. The number of hydrogen-bond acceptors (Lipinski definition) is 4. The lowest BCUT2D eigenvalue weighted by Crippen LogP contribution is -2.29. The Kier molecular flexibility index (Phi) is 5.84. The van der Waals surface area contributed by atoms with Crippen molar-refractivity contribution in [3.63, 3.8) is 0 Å². The fraction of sp³-hybridized carbons (Fsp3) is 0.190. The van der Waals surface area contributed by atoms with Crippen molar-refractivity contribution in [1.82, 2.24) is 10.2 Å². The molecule has 3 amide bonds. The Morgan fingerprint density at radius 2 is 1.89 bits per heavy atom. The van der Waals surface area contributed by atoms with E-state index in [0.29, 0.717) is 13.0 Å². The molecule has 1 aliphatic rings. The summed E-state index contributed by atoms with van der Waals surface area (Å²) in [6.45, 7) is 4.22. The number of imide groups is 1. The van der Waals surface area contributed by atoms with Crippen LogP contribution in [0, 0.1) is 5.82 Å². The molecule has 144 valence electrons. The summed E-state index contributed by atoms with van der Waals surface area (Å²) in [7, 11) is 0. The number of ether oxygens (including phenoxy) is 1. The molecular formula is C21H19FN2O4. The van der Waals surface area contributed by atoms with Gasteiger partial charge in [0.2, 0.25) is 0 Å². The predicted octanol–water partition coefficient (Wildman–Crippen LogP) is 2.81. The summed E-state index contributed by atoms with van der Waals surface area (Å²) in [5.41, 5.74) is 0.777. The van der Waals surface area contributed by atoms with Crippen molar-refractivity contribution in [1.29, 1.82) is 0 Å². The molecule has 7 heteroatoms. The quantitative estimate of drug-likeness (QED) is 0.433. The van der Waals surface area contributed by atoms with Crippen molar-refractivity contribution in [3.05, 3.63) is 77.6 Å². The van der Waals surface area contributed by atoms with E-state index < -0.39 is 17.6 Å². The Balaban J connectivity index is 1.53. The number of carbonyl (C=O) groups excluding carboxylic acids is 3. The second-order valence-corrected chi connectivity index (χ2v) is 6.16. The van der Waals surface area contributed by atoms with Gasteiger partial charge in [-0.05, 0) is 36.8 Å². The molecule has 0 aliphatic carbocycles. The highest BCUT2D eigenvalue weighted by molar-refractivity contribution is 6.22. The maximum absolute atomic E-state index is 13.4. The zero-order chi connectivity index (χ0) is 20.1. The number of benzene rings is 2. The van der Waals surface area contributed by atoms with Crippen LogP contribution >= 0.6 is 0 Å². The van der Waals surface area contributed by atoms with Gasteiger partial charge in [-0.25, -0.2) is 4.39 Å². The SMILES string of the molecule is C=CCN1C(=O)c2ccc(C(=O)NCCCOc3ccccc3F)cc2C1=O. The van der Waals surface area contributed by atoms with Gasteiger partial charge in [0.25, 0.3) is 17.7 Å². The van der Waals surface area contributed by atoms with E-state index >= 15 is 0 Å². The summed E-state index contributed by atoms with van der Waals surface area (Å²) in [4.78, 5) is 37.9. The maximum Gasteiger partial charge on any atom is 0.261 e. The van der Waals surface area contributed by atoms with E-state index in [2.05, 4.69) is 11.9 Å². The second-order valence-electron chi connectivity index (χ2n) is 6.16. The number of nitrogens with one attached hydrogen (secondary N) is 1. The van der Waals surface area contributed by atoms with Gasteiger partial charge in [0.15, 0.2) is 11.6 Å². The number of para-hydroxylation sites is 1. The van der Waals surface area contributed by atoms with Gasteiger partial charge in [-0.15, -0.1) is 6.58 Å². The first-order valence-electron chi connectivity index (χ1n) is 8.79. The molecule has 0 atom stereocenters. The largest absolute Gasteiger partial charge is 0.490 e. The molecule has 0 unspecified atom stereocenters. The molecule has 28 heavy (non-hydrogen) atoms. The van der Waals surface area contributed by atoms with Gasteiger partial charge in [0.1, 0.15) is 0 Å². The topological polar surface area (TPSA) is 75.7 Å². The number of fused-ring (bicyclic) bond motifs is 1. The summed E-state index contributed by atoms with van der Waals surface area (Å²) >= 11 is 0. The number of halogens is 1. The smallest absolute Gasteiger partial charge is 0.261 e. The lowest BCUT2D eigenvalue weighted by Gasteiger charge is -2.09. The average molecular weight is 382 g/mol. The molecule has 0 fully saturated rings. The number of rotatable bonds is 8. The van der Waals surface area contributed by atoms with Gasteiger partial charge in [-0.1, -0.05) is 18.2 Å². The molecular weight excluding hydrogens is 363 g/mol. The predicted molar refractivity (Wildman–Crippen MR) is 101 cm³/mol. The number of carbonyl (C=O) groups is 3. The summed E-state index contributed by atoms with van der Waals surface area (Å²) in [6.07, 6.45) is 1.95. The first kappa shape index (κ1) is 19.3. The maximum atomic E-state index is 13.4. The van der Waals surface area contributed by atoms with Gasteiger partial charge in [-0.3, -0.25) is 19.3 Å². The molecule has 0 radical (unpaired) electrons. The Bertz CT molecular complexity index is 942. The van der Waals surface area contributed by atoms with Crippen molar-refractivity contribution in [2.75, 3.05) is 19.7 Å². The molecule has 3 rings (SSSR count). The Morgan fingerprint density at radius 3 is 2.64 bits per heavy atom. The van der Waals surface area contributed by atoms with E-state index in [0.717, 1.165) is 4.90 Å². The van der Waals surface area contributed by atoms with E-state index in [1.54, 1.807) is 12.1 Å². The van der Waals surface area contributed by atoms with Crippen LogP contribution in [-0.4, -0.2) is 42.3 Å². The third-order valence-corrected chi connectivity index (χ3v) is 4.25. The van der Waals surface area contributed by atoms with Crippen LogP contribution in [0.15, 0.2) is 55.1 Å². The highest BCUT2D eigenvalue weighted by Gasteiger charge is 2.35. The van der Waals surface area contributed by atoms with E-state index in [1.165, 1.54) is 36.4 Å². The molecule has 0 bridgehead atoms. The molecule has 0 saturated heterocycles. The van der Waals surface area contributed by atoms with Crippen LogP contribution in [-0.2, 0) is 0 Å². The highest BCUT2D eigenvalue weighted by Crippen LogP contribution is 2.24. The van der Waals surface area contributed by atoms with Crippen molar-refractivity contribution < 1.29 is 23.5 Å². The number of amides is 3. The van der Waals surface area contributed by atoms with Crippen molar-refractivity contribution in [2.45, 2.75) is 6.42 Å². The zero-order valence-corrected chi connectivity index (χ0v) is 15.1. The summed E-state index contributed by atoms with van der Waals surface area (Å²) in [5.74, 6) is -1.46. The van der Waals surface area contributed by atoms with Gasteiger partial charge in [0, 0.05) is 18.7 Å². The normalized spacial score (nSPS) is 12.7. The molecule has 1 N–H and O–H groups in total. The van der Waals surface area contributed by atoms with Gasteiger partial charge in [-0.2, -0.15) is 0 Å². The van der Waals surface area contributed by atoms with Crippen LogP contribution in [0.1, 0.15) is 37.5 Å². The summed E-state index contributed by atoms with van der Waals surface area (Å²) in [5, 5.41) is 2.71. The Hall–Kier alpha value is -3.48. The first-order valence-corrected chi connectivity index (χ1v) is 8.79. The zero-order valence-electron chi connectivity index (χ0n) is 15.1. The van der Waals surface area contributed by atoms with Crippen LogP contribution in [0.25, 0.3) is 0 Å². The third-order valence-electron chi connectivity index (χ3n) is 4.25. The second kappa shape index (κ2) is 8.47. The molecule has 0 spiro atoms. The van der Waals surface area contributed by atoms with E-state index in [4.69, 9.17) is 4.74 Å². The minimum atomic E-state index is -0.437. The Labute approximate surface area is 161 Å². The van der Waals surface area contributed by atoms with E-state index in [9.17, 15) is 18.8 Å². The molecule has 2 aromatic carbocycles. The molecule has 1 heterocycles. The molecule has 1 aliphatic heterocycles. The highest BCUT2D eigenvalue weighted by atomic mass is 19.1. The minimum Gasteiger partial charge on any atom is -0.490 e. The first-order chi connectivity index (χ1) is 13.5. The van der Waals surface area contributed by atoms with E-state index in [1.807, 2.05) is 0 Å². The van der Waals surface area contributed by atoms with Crippen LogP contribution in [0.3, 0.4) is 0 Å². The summed E-state index contributed by atoms with van der Waals surface area (Å²) < 4.78 is 18.8. The van der Waals surface area contributed by atoms with Crippen molar-refractivity contribution >= 4 is 17.7 Å². The van der Waals surface area contributed by atoms with Crippen molar-refractivity contribution in [2.24, 2.45) is 0 Å². The lowest BCUT2D eigenvalue weighted by atomic mass is 10.1. The standard InChI is InChI=1S/C21H19FN2O4/c1-2-11-24-20(26)15-9-8-14(13-16(15)21(24)27)19(25)23-10-5-12-28-18-7-4-3-6-17(18)22/h2-4,6-9,13H,1,5,10-12H2,(H,23,25). The third kappa shape index (κ3) is 3.93. The van der Waals surface area contributed by atoms with Gasteiger partial charge < -0.3 is 10.1 Å². The number of nitrogens with zero attached hydrogens (tertiary/aromatic N) is 1. The molecule has 0 aromatic heterocycles. The molecule has 2 aromatic rings. The monoisotopic (exact) mass is 382 g/mol. The van der Waals surface area contributed by atoms with Gasteiger partial charge >= 0.3 is 0 Å². The fourth-order valence-corrected chi connectivity index (χ4v) is 2.85. The fourth-order valence-electron chi connectivity index (χ4n) is 2.85. The Morgan fingerprint density at radius 1 is 1.14 bits per heavy atom. The van der Waals surface area contributed by atoms with Crippen LogP contribution < -0.4 is 10.1 Å². The van der Waals surface area contributed by atoms with Crippen LogP contribution in [0.5, 0.6) is 5.75 Å². The number of hydrogen-bond donors (Lipinski definition) is 1. The lowest BCUT2D eigenvalue weighted by molar-refractivity contribution is 0.0672. The molecule has 6 nitrogen and oxygen atoms in total. The van der Waals surface area contributed by atoms with E-state index in [-0.39, 0.29) is 41.5 Å². The van der Waals surface area contributed by atoms with Crippen molar-refractivity contribution in [3.8, 4) is 5.75 Å². The van der Waals surface area contributed by atoms with Crippen LogP contribution in [0.2, 0.25) is 0 Å².